The summed E-state index contributed by atoms with van der Waals surface area (Å²) in [4.78, 5) is 12.3. The van der Waals surface area contributed by atoms with Crippen molar-refractivity contribution in [2.45, 2.75) is 20.0 Å². The number of aryl methyl sites for hydroxylation is 2. The Bertz CT molecular complexity index is 1010. The zero-order valence-corrected chi connectivity index (χ0v) is 15.2. The van der Waals surface area contributed by atoms with Crippen LogP contribution in [-0.2, 0) is 6.18 Å². The van der Waals surface area contributed by atoms with Crippen LogP contribution in [-0.4, -0.2) is 5.91 Å². The third-order valence-corrected chi connectivity index (χ3v) is 4.39. The first-order valence-corrected chi connectivity index (χ1v) is 8.38. The molecule has 1 heterocycles. The van der Waals surface area contributed by atoms with Gasteiger partial charge >= 0.3 is 6.18 Å². The number of rotatable bonds is 3. The molecule has 27 heavy (non-hydrogen) atoms. The Morgan fingerprint density at radius 3 is 2.41 bits per heavy atom. The molecular formula is C20H15ClF3NO2. The van der Waals surface area contributed by atoms with Gasteiger partial charge in [0.15, 0.2) is 5.76 Å². The van der Waals surface area contributed by atoms with Gasteiger partial charge in [-0.05, 0) is 61.4 Å². The Balaban J connectivity index is 1.86. The summed E-state index contributed by atoms with van der Waals surface area (Å²) in [6.07, 6.45) is -4.65. The first-order valence-electron chi connectivity index (χ1n) is 8.01. The second-order valence-corrected chi connectivity index (χ2v) is 6.54. The number of furan rings is 1. The number of amides is 1. The van der Waals surface area contributed by atoms with Crippen molar-refractivity contribution in [2.75, 3.05) is 5.32 Å². The number of carbonyl (C=O) groups excluding carboxylic acids is 1. The number of hydrogen-bond donors (Lipinski definition) is 1. The molecule has 0 aliphatic carbocycles. The average Bonchev–Trinajstić information content (AvgIpc) is 3.08. The van der Waals surface area contributed by atoms with Crippen LogP contribution >= 0.6 is 11.6 Å². The molecule has 0 fully saturated rings. The summed E-state index contributed by atoms with van der Waals surface area (Å²) in [5.41, 5.74) is 1.54. The number of carbonyl (C=O) groups is 1. The fourth-order valence-corrected chi connectivity index (χ4v) is 2.73. The van der Waals surface area contributed by atoms with Crippen molar-refractivity contribution in [3.63, 3.8) is 0 Å². The number of nitrogens with one attached hydrogen (secondary N) is 1. The highest BCUT2D eigenvalue weighted by atomic mass is 35.5. The topological polar surface area (TPSA) is 42.2 Å². The number of hydrogen-bond acceptors (Lipinski definition) is 2. The van der Waals surface area contributed by atoms with Gasteiger partial charge in [-0.2, -0.15) is 13.2 Å². The summed E-state index contributed by atoms with van der Waals surface area (Å²) in [5.74, 6) is -0.417. The molecule has 0 unspecified atom stereocenters. The van der Waals surface area contributed by atoms with Crippen LogP contribution in [0.5, 0.6) is 0 Å². The fraction of sp³-hybridized carbons (Fsp3) is 0.150. The van der Waals surface area contributed by atoms with E-state index in [2.05, 4.69) is 5.32 Å². The molecule has 1 amide bonds. The predicted molar refractivity (Wildman–Crippen MR) is 98.0 cm³/mol. The van der Waals surface area contributed by atoms with Crippen LogP contribution in [0.15, 0.2) is 52.9 Å². The first kappa shape index (κ1) is 19.0. The summed E-state index contributed by atoms with van der Waals surface area (Å²) >= 11 is 5.64. The zero-order valence-electron chi connectivity index (χ0n) is 14.4. The maximum atomic E-state index is 13.1. The Kier molecular flexibility index (Phi) is 5.02. The van der Waals surface area contributed by atoms with Crippen molar-refractivity contribution >= 4 is 23.2 Å². The van der Waals surface area contributed by atoms with Crippen molar-refractivity contribution in [3.05, 3.63) is 76.0 Å². The van der Waals surface area contributed by atoms with E-state index in [1.165, 1.54) is 12.1 Å². The van der Waals surface area contributed by atoms with Crippen molar-refractivity contribution < 1.29 is 22.4 Å². The van der Waals surface area contributed by atoms with E-state index in [-0.39, 0.29) is 16.5 Å². The SMILES string of the molecule is Cc1ccc(-c2ccc(C(=O)Nc3ccc(Cl)cc3C(F)(F)F)o2)cc1C. The van der Waals surface area contributed by atoms with Crippen LogP contribution in [0.1, 0.15) is 27.2 Å². The Morgan fingerprint density at radius 2 is 1.74 bits per heavy atom. The molecule has 0 saturated carbocycles. The highest BCUT2D eigenvalue weighted by Crippen LogP contribution is 2.36. The van der Waals surface area contributed by atoms with E-state index in [1.807, 2.05) is 32.0 Å². The third kappa shape index (κ3) is 4.17. The molecule has 0 aliphatic heterocycles. The van der Waals surface area contributed by atoms with Gasteiger partial charge < -0.3 is 9.73 Å². The molecule has 2 aromatic carbocycles. The molecule has 0 saturated heterocycles. The van der Waals surface area contributed by atoms with E-state index >= 15 is 0 Å². The van der Waals surface area contributed by atoms with Gasteiger partial charge in [-0.25, -0.2) is 0 Å². The van der Waals surface area contributed by atoms with Gasteiger partial charge in [0.25, 0.3) is 5.91 Å². The molecule has 0 bridgehead atoms. The summed E-state index contributed by atoms with van der Waals surface area (Å²) in [7, 11) is 0. The molecular weight excluding hydrogens is 379 g/mol. The third-order valence-electron chi connectivity index (χ3n) is 4.16. The number of benzene rings is 2. The molecule has 7 heteroatoms. The molecule has 0 atom stereocenters. The van der Waals surface area contributed by atoms with Crippen LogP contribution < -0.4 is 5.32 Å². The highest BCUT2D eigenvalue weighted by Gasteiger charge is 2.34. The molecule has 1 N–H and O–H groups in total. The normalized spacial score (nSPS) is 11.5. The zero-order chi connectivity index (χ0) is 19.8. The first-order chi connectivity index (χ1) is 12.6. The standard InChI is InChI=1S/C20H15ClF3NO2/c1-11-3-4-13(9-12(11)2)17-7-8-18(27-17)19(26)25-16-6-5-14(21)10-15(16)20(22,23)24/h3-10H,1-2H3,(H,25,26). The minimum Gasteiger partial charge on any atom is -0.451 e. The largest absolute Gasteiger partial charge is 0.451 e. The number of halogens is 4. The van der Waals surface area contributed by atoms with E-state index < -0.39 is 17.6 Å². The lowest BCUT2D eigenvalue weighted by atomic mass is 10.1. The maximum absolute atomic E-state index is 13.1. The predicted octanol–water partition coefficient (Wildman–Crippen LogP) is 6.49. The quantitative estimate of drug-likeness (QED) is 0.552. The molecule has 3 nitrogen and oxygen atoms in total. The van der Waals surface area contributed by atoms with Gasteiger partial charge in [0.1, 0.15) is 5.76 Å². The highest BCUT2D eigenvalue weighted by molar-refractivity contribution is 6.30. The monoisotopic (exact) mass is 393 g/mol. The van der Waals surface area contributed by atoms with Crippen LogP contribution in [0.3, 0.4) is 0 Å². The van der Waals surface area contributed by atoms with Crippen molar-refractivity contribution in [3.8, 4) is 11.3 Å². The lowest BCUT2D eigenvalue weighted by Crippen LogP contribution is -2.16. The lowest BCUT2D eigenvalue weighted by Gasteiger charge is -2.13. The van der Waals surface area contributed by atoms with Crippen LogP contribution in [0.4, 0.5) is 18.9 Å². The Morgan fingerprint density at radius 1 is 1.00 bits per heavy atom. The van der Waals surface area contributed by atoms with Crippen molar-refractivity contribution in [1.29, 1.82) is 0 Å². The Hall–Kier alpha value is -2.73. The second kappa shape index (κ2) is 7.12. The van der Waals surface area contributed by atoms with Gasteiger partial charge in [-0.15, -0.1) is 0 Å². The number of anilines is 1. The van der Waals surface area contributed by atoms with E-state index in [0.717, 1.165) is 28.8 Å². The van der Waals surface area contributed by atoms with Crippen LogP contribution in [0.2, 0.25) is 5.02 Å². The van der Waals surface area contributed by atoms with Crippen molar-refractivity contribution in [1.82, 2.24) is 0 Å². The van der Waals surface area contributed by atoms with Gasteiger partial charge in [-0.1, -0.05) is 23.7 Å². The van der Waals surface area contributed by atoms with E-state index in [0.29, 0.717) is 5.76 Å². The lowest BCUT2D eigenvalue weighted by molar-refractivity contribution is -0.136. The molecule has 0 spiro atoms. The Labute approximate surface area is 158 Å². The minimum absolute atomic E-state index is 0.0738. The van der Waals surface area contributed by atoms with Crippen molar-refractivity contribution in [2.24, 2.45) is 0 Å². The van der Waals surface area contributed by atoms with Gasteiger partial charge in [0.05, 0.1) is 11.3 Å². The van der Waals surface area contributed by atoms with Crippen LogP contribution in [0, 0.1) is 13.8 Å². The number of alkyl halides is 3. The average molecular weight is 394 g/mol. The smallest absolute Gasteiger partial charge is 0.418 e. The minimum atomic E-state index is -4.65. The maximum Gasteiger partial charge on any atom is 0.418 e. The summed E-state index contributed by atoms with van der Waals surface area (Å²) < 4.78 is 45.0. The summed E-state index contributed by atoms with van der Waals surface area (Å²) in [6, 6.07) is 11.9. The van der Waals surface area contributed by atoms with Crippen LogP contribution in [0.25, 0.3) is 11.3 Å². The summed E-state index contributed by atoms with van der Waals surface area (Å²) in [6.45, 7) is 3.93. The van der Waals surface area contributed by atoms with E-state index in [9.17, 15) is 18.0 Å². The second-order valence-electron chi connectivity index (χ2n) is 6.10. The van der Waals surface area contributed by atoms with Gasteiger partial charge in [0.2, 0.25) is 0 Å². The molecule has 1 aromatic heterocycles. The molecule has 3 rings (SSSR count). The van der Waals surface area contributed by atoms with E-state index in [4.69, 9.17) is 16.0 Å². The fourth-order valence-electron chi connectivity index (χ4n) is 2.55. The molecule has 3 aromatic rings. The van der Waals surface area contributed by atoms with E-state index in [1.54, 1.807) is 6.07 Å². The van der Waals surface area contributed by atoms with Gasteiger partial charge in [-0.3, -0.25) is 4.79 Å². The van der Waals surface area contributed by atoms with Gasteiger partial charge in [0, 0.05) is 10.6 Å². The molecule has 0 aliphatic rings. The molecule has 140 valence electrons. The summed E-state index contributed by atoms with van der Waals surface area (Å²) in [5, 5.41) is 2.16. The molecule has 0 radical (unpaired) electrons.